The summed E-state index contributed by atoms with van der Waals surface area (Å²) >= 11 is 0. The first-order valence-corrected chi connectivity index (χ1v) is 20.2. The molecule has 52 heavy (non-hydrogen) atoms. The zero-order valence-electron chi connectivity index (χ0n) is 29.9. The van der Waals surface area contributed by atoms with Crippen molar-refractivity contribution in [3.8, 4) is 5.75 Å². The van der Waals surface area contributed by atoms with Gasteiger partial charge < -0.3 is 31.6 Å². The third kappa shape index (κ3) is 9.47. The molecule has 0 unspecified atom stereocenters. The van der Waals surface area contributed by atoms with Crippen molar-refractivity contribution in [1.82, 2.24) is 4.57 Å². The van der Waals surface area contributed by atoms with Gasteiger partial charge in [-0.1, -0.05) is 105 Å². The van der Waals surface area contributed by atoms with Crippen LogP contribution in [0, 0.1) is 0 Å². The van der Waals surface area contributed by atoms with E-state index < -0.39 is 7.26 Å². The molecule has 0 aliphatic rings. The summed E-state index contributed by atoms with van der Waals surface area (Å²) in [5.74, 6) is 0.423. The highest BCUT2D eigenvalue weighted by Gasteiger charge is 2.44. The third-order valence-electron chi connectivity index (χ3n) is 9.75. The molecule has 0 saturated carbocycles. The van der Waals surface area contributed by atoms with Crippen molar-refractivity contribution in [3.05, 3.63) is 162 Å². The van der Waals surface area contributed by atoms with Crippen molar-refractivity contribution in [2.24, 2.45) is 7.05 Å². The summed E-state index contributed by atoms with van der Waals surface area (Å²) in [7, 11) is -0.0194. The molecule has 0 bridgehead atoms. The number of unbranched alkanes of at least 4 members (excludes halogenated alkanes) is 7. The molecule has 1 aromatic heterocycles. The molecule has 0 saturated heterocycles. The fourth-order valence-corrected chi connectivity index (χ4v) is 11.4. The van der Waals surface area contributed by atoms with Gasteiger partial charge in [-0.25, -0.2) is 0 Å². The quantitative estimate of drug-likeness (QED) is 0.0877. The number of halogens is 1. The van der Waals surface area contributed by atoms with E-state index in [1.165, 1.54) is 60.6 Å². The number of nitrogens with zero attached hydrogens (tertiary/aromatic N) is 1. The summed E-state index contributed by atoms with van der Waals surface area (Å²) in [6.07, 6.45) is 10.8. The van der Waals surface area contributed by atoms with E-state index in [4.69, 9.17) is 4.74 Å². The number of benzene rings is 5. The van der Waals surface area contributed by atoms with Crippen LogP contribution in [0.2, 0.25) is 0 Å². The molecular weight excluding hydrogens is 727 g/mol. The van der Waals surface area contributed by atoms with E-state index >= 15 is 0 Å². The number of para-hydroxylation sites is 1. The van der Waals surface area contributed by atoms with Gasteiger partial charge in [0, 0.05) is 18.0 Å². The monoisotopic (exact) mass is 774 g/mol. The van der Waals surface area contributed by atoms with E-state index in [1.807, 2.05) is 36.4 Å². The molecule has 0 fully saturated rings. The van der Waals surface area contributed by atoms with Crippen molar-refractivity contribution in [2.75, 3.05) is 18.1 Å². The molecular formula is C45H48BrN2O3P. The fraction of sp³-hybridized carbons (Fsp3) is 0.244. The molecule has 0 atom stereocenters. The Balaban J connectivity index is 0.00000523. The predicted molar refractivity (Wildman–Crippen MR) is 216 cm³/mol. The summed E-state index contributed by atoms with van der Waals surface area (Å²) in [6, 6.07) is 50.0. The average molecular weight is 776 g/mol. The SMILES string of the molecule is Cn1c(=O)c(NC(=O)c2ccc(OCCCCCCCCCC[P+](c3ccccc3)(c3ccccc3)c3ccccc3)cc2)cc2ccccc21.[Br-]. The minimum absolute atomic E-state index is 0. The number of fused-ring (bicyclic) bond motifs is 1. The third-order valence-corrected chi connectivity index (χ3v) is 14.3. The molecule has 6 rings (SSSR count). The van der Waals surface area contributed by atoms with Crippen LogP contribution in [-0.4, -0.2) is 23.2 Å². The Bertz CT molecular complexity index is 1960. The molecule has 1 heterocycles. The number of anilines is 1. The highest BCUT2D eigenvalue weighted by Crippen LogP contribution is 2.56. The molecule has 5 nitrogen and oxygen atoms in total. The van der Waals surface area contributed by atoms with Crippen LogP contribution in [0.1, 0.15) is 61.7 Å². The molecule has 7 heteroatoms. The van der Waals surface area contributed by atoms with Crippen LogP contribution >= 0.6 is 7.26 Å². The van der Waals surface area contributed by atoms with Crippen LogP contribution < -0.4 is 48.5 Å². The van der Waals surface area contributed by atoms with Crippen LogP contribution in [0.5, 0.6) is 5.75 Å². The Morgan fingerprint density at radius 2 is 1.10 bits per heavy atom. The van der Waals surface area contributed by atoms with Gasteiger partial charge in [-0.2, -0.15) is 0 Å². The van der Waals surface area contributed by atoms with Gasteiger partial charge in [-0.15, -0.1) is 0 Å². The van der Waals surface area contributed by atoms with Crippen LogP contribution in [0.4, 0.5) is 5.69 Å². The van der Waals surface area contributed by atoms with Crippen LogP contribution in [0.15, 0.2) is 150 Å². The summed E-state index contributed by atoms with van der Waals surface area (Å²) in [5, 5.41) is 8.08. The number of amides is 1. The number of carbonyl (C=O) groups is 1. The smallest absolute Gasteiger partial charge is 0.274 e. The molecule has 6 aromatic rings. The molecule has 0 aliphatic carbocycles. The van der Waals surface area contributed by atoms with Gasteiger partial charge >= 0.3 is 0 Å². The maximum Gasteiger partial charge on any atom is 0.274 e. The number of nitrogens with one attached hydrogen (secondary N) is 1. The van der Waals surface area contributed by atoms with Gasteiger partial charge in [0.25, 0.3) is 11.5 Å². The Kier molecular flexibility index (Phi) is 14.4. The Hall–Kier alpha value is -4.51. The normalized spacial score (nSPS) is 11.2. The minimum atomic E-state index is -1.73. The van der Waals surface area contributed by atoms with Gasteiger partial charge in [-0.3, -0.25) is 9.59 Å². The maximum atomic E-state index is 12.9. The largest absolute Gasteiger partial charge is 1.00 e. The van der Waals surface area contributed by atoms with Crippen molar-refractivity contribution in [3.63, 3.8) is 0 Å². The number of aromatic nitrogens is 1. The van der Waals surface area contributed by atoms with Crippen molar-refractivity contribution < 1.29 is 26.5 Å². The first-order chi connectivity index (χ1) is 25.1. The summed E-state index contributed by atoms with van der Waals surface area (Å²) < 4.78 is 7.52. The fourth-order valence-electron chi connectivity index (χ4n) is 6.99. The number of aryl methyl sites for hydroxylation is 1. The lowest BCUT2D eigenvalue weighted by Crippen LogP contribution is -3.00. The average Bonchev–Trinajstić information content (AvgIpc) is 3.18. The van der Waals surface area contributed by atoms with E-state index in [-0.39, 0.29) is 34.1 Å². The van der Waals surface area contributed by atoms with Crippen LogP contribution in [-0.2, 0) is 7.05 Å². The van der Waals surface area contributed by atoms with E-state index in [2.05, 4.69) is 96.3 Å². The Morgan fingerprint density at radius 1 is 0.615 bits per heavy atom. The molecule has 1 amide bonds. The van der Waals surface area contributed by atoms with Crippen molar-refractivity contribution in [2.45, 2.75) is 51.4 Å². The lowest BCUT2D eigenvalue weighted by molar-refractivity contribution is -0.0000182. The van der Waals surface area contributed by atoms with Gasteiger partial charge in [0.2, 0.25) is 0 Å². The molecule has 1 N–H and O–H groups in total. The molecule has 0 spiro atoms. The molecule has 268 valence electrons. The first-order valence-electron chi connectivity index (χ1n) is 18.2. The maximum absolute atomic E-state index is 12.9. The van der Waals surface area contributed by atoms with Gasteiger partial charge in [0.05, 0.1) is 18.3 Å². The zero-order valence-corrected chi connectivity index (χ0v) is 32.4. The van der Waals surface area contributed by atoms with Crippen LogP contribution in [0.25, 0.3) is 10.9 Å². The lowest BCUT2D eigenvalue weighted by Gasteiger charge is -2.27. The summed E-state index contributed by atoms with van der Waals surface area (Å²) in [4.78, 5) is 25.7. The number of pyridine rings is 1. The topological polar surface area (TPSA) is 60.3 Å². The lowest BCUT2D eigenvalue weighted by atomic mass is 10.1. The van der Waals surface area contributed by atoms with Crippen molar-refractivity contribution in [1.29, 1.82) is 0 Å². The highest BCUT2D eigenvalue weighted by molar-refractivity contribution is 7.95. The highest BCUT2D eigenvalue weighted by atomic mass is 79.9. The number of carbonyl (C=O) groups excluding carboxylic acids is 1. The molecule has 0 aliphatic heterocycles. The Labute approximate surface area is 319 Å². The number of ether oxygens (including phenoxy) is 1. The zero-order chi connectivity index (χ0) is 35.3. The number of rotatable bonds is 17. The predicted octanol–water partition coefficient (Wildman–Crippen LogP) is 6.29. The van der Waals surface area contributed by atoms with Crippen molar-refractivity contribution >= 4 is 45.7 Å². The Morgan fingerprint density at radius 3 is 1.65 bits per heavy atom. The molecule has 5 aromatic carbocycles. The summed E-state index contributed by atoms with van der Waals surface area (Å²) in [6.45, 7) is 0.656. The minimum Gasteiger partial charge on any atom is -1.00 e. The van der Waals surface area contributed by atoms with E-state index in [1.54, 1.807) is 29.8 Å². The van der Waals surface area contributed by atoms with Gasteiger partial charge in [0.15, 0.2) is 0 Å². The second-order valence-electron chi connectivity index (χ2n) is 13.2. The number of hydrogen-bond acceptors (Lipinski definition) is 3. The van der Waals surface area contributed by atoms with E-state index in [0.717, 1.165) is 29.5 Å². The van der Waals surface area contributed by atoms with Gasteiger partial charge in [-0.05, 0) is 92.1 Å². The second-order valence-corrected chi connectivity index (χ2v) is 16.8. The van der Waals surface area contributed by atoms with Gasteiger partial charge in [0.1, 0.15) is 34.6 Å². The van der Waals surface area contributed by atoms with E-state index in [9.17, 15) is 9.59 Å². The second kappa shape index (κ2) is 19.4. The summed E-state index contributed by atoms with van der Waals surface area (Å²) in [5.41, 5.74) is 1.32. The number of hydrogen-bond donors (Lipinski definition) is 1. The van der Waals surface area contributed by atoms with E-state index in [0.29, 0.717) is 12.2 Å². The standard InChI is InChI=1S/C45H47N2O3P.BrH/c1-47-43-28-18-17-21-37(43)35-42(45(47)49)46-44(48)36-29-31-38(32-30-36)50-33-19-6-4-2-3-5-7-20-34-51(39-22-11-8-12-23-39,40-24-13-9-14-25-40)41-26-15-10-16-27-41;/h8-18,21-32,35H,2-7,19-20,33-34H2,1H3;1H. The molecule has 0 radical (unpaired) electrons. The van der Waals surface area contributed by atoms with Crippen LogP contribution in [0.3, 0.4) is 0 Å². The first kappa shape index (κ1) is 38.7.